The summed E-state index contributed by atoms with van der Waals surface area (Å²) in [6, 6.07) is 29.3. The molecule has 4 aromatic carbocycles. The third kappa shape index (κ3) is 14.1. The molecule has 0 bridgehead atoms. The van der Waals surface area contributed by atoms with Gasteiger partial charge in [-0.3, -0.25) is 0 Å². The molecule has 0 aliphatic rings. The minimum Gasteiger partial charge on any atom is -0.489 e. The van der Waals surface area contributed by atoms with E-state index in [1.165, 1.54) is 20.8 Å². The number of esters is 2. The summed E-state index contributed by atoms with van der Waals surface area (Å²) in [5.74, 6) is -1.84. The lowest BCUT2D eigenvalue weighted by Crippen LogP contribution is -2.44. The maximum Gasteiger partial charge on any atom is 0.339 e. The van der Waals surface area contributed by atoms with Gasteiger partial charge in [0.2, 0.25) is 0 Å². The molecule has 14 heteroatoms. The van der Waals surface area contributed by atoms with Crippen LogP contribution in [0.1, 0.15) is 27.7 Å². The molecule has 0 aliphatic carbocycles. The van der Waals surface area contributed by atoms with Crippen molar-refractivity contribution in [2.24, 2.45) is 0 Å². The van der Waals surface area contributed by atoms with E-state index >= 15 is 0 Å². The lowest BCUT2D eigenvalue weighted by atomic mass is 10.1. The van der Waals surface area contributed by atoms with Crippen LogP contribution in [0.15, 0.2) is 142 Å². The third-order valence-corrected chi connectivity index (χ3v) is 9.65. The predicted octanol–water partition coefficient (Wildman–Crippen LogP) is 8.85. The molecule has 0 amide bonds. The van der Waals surface area contributed by atoms with Gasteiger partial charge in [-0.25, -0.2) is 19.2 Å². The van der Waals surface area contributed by atoms with Crippen molar-refractivity contribution < 1.29 is 57.8 Å². The molecule has 0 saturated carbocycles. The molecular weight excluding hydrogens is 785 g/mol. The monoisotopic (exact) mass is 828 g/mol. The minimum atomic E-state index is -1.29. The highest BCUT2D eigenvalue weighted by molar-refractivity contribution is 7.98. The van der Waals surface area contributed by atoms with E-state index in [-0.39, 0.29) is 42.5 Å². The van der Waals surface area contributed by atoms with E-state index < -0.39 is 29.5 Å². The molecule has 0 aromatic heterocycles. The summed E-state index contributed by atoms with van der Waals surface area (Å²) in [4.78, 5) is 49.7. The van der Waals surface area contributed by atoms with Crippen molar-refractivity contribution in [3.05, 3.63) is 132 Å². The zero-order chi connectivity index (χ0) is 42.2. The van der Waals surface area contributed by atoms with E-state index in [9.17, 15) is 19.2 Å². The smallest absolute Gasteiger partial charge is 0.339 e. The maximum atomic E-state index is 12.8. The molecular formula is C44H44O12S2. The number of benzene rings is 4. The van der Waals surface area contributed by atoms with Crippen molar-refractivity contribution in [3.63, 3.8) is 0 Å². The van der Waals surface area contributed by atoms with Gasteiger partial charge in [-0.1, -0.05) is 24.3 Å². The Morgan fingerprint density at radius 3 is 1.41 bits per heavy atom. The van der Waals surface area contributed by atoms with E-state index in [4.69, 9.17) is 38.6 Å². The minimum absolute atomic E-state index is 0.0676. The first kappa shape index (κ1) is 44.6. The average Bonchev–Trinajstić information content (AvgIpc) is 3.21. The molecule has 0 heterocycles. The summed E-state index contributed by atoms with van der Waals surface area (Å²) in [5, 5.41) is 18.1. The lowest BCUT2D eigenvalue weighted by Gasteiger charge is -2.29. The Morgan fingerprint density at radius 2 is 0.983 bits per heavy atom. The first-order chi connectivity index (χ1) is 27.7. The van der Waals surface area contributed by atoms with Crippen LogP contribution in [-0.2, 0) is 28.7 Å². The first-order valence-corrected chi connectivity index (χ1v) is 20.1. The fraction of sp³-hybridized carbons (Fsp3) is 0.227. The molecule has 0 aliphatic heterocycles. The fourth-order valence-corrected chi connectivity index (χ4v) is 5.76. The van der Waals surface area contributed by atoms with Gasteiger partial charge in [-0.15, -0.1) is 23.5 Å². The predicted molar refractivity (Wildman–Crippen MR) is 222 cm³/mol. The Morgan fingerprint density at radius 1 is 0.586 bits per heavy atom. The molecule has 58 heavy (non-hydrogen) atoms. The number of rotatable bonds is 20. The van der Waals surface area contributed by atoms with E-state index in [0.717, 1.165) is 33.1 Å². The number of hydrogen-bond acceptors (Lipinski definition) is 12. The number of carboxylic acids is 2. The topological polar surface area (TPSA) is 164 Å². The number of carbonyl (C=O) groups excluding carboxylic acids is 2. The number of hydrogen-bond donors (Lipinski definition) is 2. The van der Waals surface area contributed by atoms with Crippen LogP contribution in [0.2, 0.25) is 0 Å². The van der Waals surface area contributed by atoms with Gasteiger partial charge in [-0.2, -0.15) is 0 Å². The lowest BCUT2D eigenvalue weighted by molar-refractivity contribution is -0.160. The summed E-state index contributed by atoms with van der Waals surface area (Å²) < 4.78 is 35.3. The van der Waals surface area contributed by atoms with E-state index in [1.807, 2.05) is 85.3 Å². The molecule has 4 aromatic rings. The van der Waals surface area contributed by atoms with Crippen molar-refractivity contribution in [2.45, 2.75) is 43.1 Å². The first-order valence-electron chi connectivity index (χ1n) is 17.7. The average molecular weight is 829 g/mol. The van der Waals surface area contributed by atoms with E-state index in [2.05, 4.69) is 0 Å². The third-order valence-electron chi connectivity index (χ3n) is 8.16. The van der Waals surface area contributed by atoms with Crippen LogP contribution in [-0.4, -0.2) is 72.0 Å². The Balaban J connectivity index is 1.46. The summed E-state index contributed by atoms with van der Waals surface area (Å²) in [6.45, 7) is 5.62. The van der Waals surface area contributed by atoms with Crippen LogP contribution < -0.4 is 18.9 Å². The Hall–Kier alpha value is -6.12. The van der Waals surface area contributed by atoms with Crippen LogP contribution in [0.3, 0.4) is 0 Å². The van der Waals surface area contributed by atoms with Crippen molar-refractivity contribution >= 4 is 47.4 Å². The maximum absolute atomic E-state index is 12.8. The molecule has 0 spiro atoms. The second-order valence-electron chi connectivity index (χ2n) is 12.9. The van der Waals surface area contributed by atoms with Crippen LogP contribution in [0.4, 0.5) is 0 Å². The molecule has 1 atom stereocenters. The Bertz CT molecular complexity index is 2140. The summed E-state index contributed by atoms with van der Waals surface area (Å²) >= 11 is 3.19. The van der Waals surface area contributed by atoms with Gasteiger partial charge in [-0.05, 0) is 124 Å². The zero-order valence-electron chi connectivity index (χ0n) is 32.8. The molecule has 2 N–H and O–H groups in total. The van der Waals surface area contributed by atoms with E-state index in [0.29, 0.717) is 23.0 Å². The SMILES string of the molecule is CSc1ccc(OCC(Oc2ccc(-c3ccc(OCC(C)(COc4ccc(SC)cc4)OC(=O)C(C)=CC(=O)O)cc3)cc2)=C(C)OC(=O)C(C)=CC(=O)O)cc1. The second kappa shape index (κ2) is 21.4. The van der Waals surface area contributed by atoms with Crippen LogP contribution in [0, 0.1) is 0 Å². The van der Waals surface area contributed by atoms with Gasteiger partial charge >= 0.3 is 23.9 Å². The molecule has 0 radical (unpaired) electrons. The van der Waals surface area contributed by atoms with Crippen molar-refractivity contribution in [1.82, 2.24) is 0 Å². The summed E-state index contributed by atoms with van der Waals surface area (Å²) in [6.07, 6.45) is 5.48. The van der Waals surface area contributed by atoms with Crippen LogP contribution >= 0.6 is 23.5 Å². The summed E-state index contributed by atoms with van der Waals surface area (Å²) in [5.41, 5.74) is 0.241. The fourth-order valence-electron chi connectivity index (χ4n) is 4.94. The van der Waals surface area contributed by atoms with Gasteiger partial charge in [0.15, 0.2) is 11.4 Å². The number of allylic oxidation sites excluding steroid dienone is 1. The highest BCUT2D eigenvalue weighted by Crippen LogP contribution is 2.28. The van der Waals surface area contributed by atoms with Gasteiger partial charge < -0.3 is 38.6 Å². The van der Waals surface area contributed by atoms with Gasteiger partial charge in [0.05, 0.1) is 0 Å². The second-order valence-corrected chi connectivity index (χ2v) is 14.7. The molecule has 12 nitrogen and oxygen atoms in total. The van der Waals surface area contributed by atoms with Gasteiger partial charge in [0.1, 0.15) is 48.6 Å². The molecule has 304 valence electrons. The normalized spacial score (nSPS) is 13.0. The standard InChI is InChI=1S/C44H44O12S2/c1-28(23-40(45)46)42(49)54-30(3)39(25-51-33-15-19-37(57-5)20-16-33)55-36-13-9-32(10-14-36)31-7-11-34(12-8-31)52-26-44(4,56-43(50)29(2)24-41(47)48)27-53-35-17-21-38(58-6)22-18-35/h7-24H,25-27H2,1-6H3,(H,45,46)(H,47,48). The van der Waals surface area contributed by atoms with Crippen molar-refractivity contribution in [1.29, 1.82) is 0 Å². The van der Waals surface area contributed by atoms with Crippen LogP contribution in [0.5, 0.6) is 23.0 Å². The molecule has 0 fully saturated rings. The van der Waals surface area contributed by atoms with Gasteiger partial charge in [0, 0.05) is 33.1 Å². The molecule has 1 unspecified atom stereocenters. The van der Waals surface area contributed by atoms with Gasteiger partial charge in [0.25, 0.3) is 0 Å². The number of carbonyl (C=O) groups is 4. The zero-order valence-corrected chi connectivity index (χ0v) is 34.4. The number of carboxylic acid groups (broad SMARTS) is 2. The number of aliphatic carboxylic acids is 2. The highest BCUT2D eigenvalue weighted by atomic mass is 32.2. The van der Waals surface area contributed by atoms with Crippen molar-refractivity contribution in [3.8, 4) is 34.1 Å². The number of thioether (sulfide) groups is 2. The molecule has 0 saturated heterocycles. The van der Waals surface area contributed by atoms with E-state index in [1.54, 1.807) is 54.7 Å². The largest absolute Gasteiger partial charge is 0.489 e. The van der Waals surface area contributed by atoms with Crippen molar-refractivity contribution in [2.75, 3.05) is 32.3 Å². The highest BCUT2D eigenvalue weighted by Gasteiger charge is 2.32. The van der Waals surface area contributed by atoms with Crippen LogP contribution in [0.25, 0.3) is 11.1 Å². The number of ether oxygens (including phenoxy) is 6. The molecule has 4 rings (SSSR count). The Labute approximate surface area is 345 Å². The quantitative estimate of drug-likeness (QED) is 0.0376. The summed E-state index contributed by atoms with van der Waals surface area (Å²) in [7, 11) is 0. The Kier molecular flexibility index (Phi) is 16.5.